The zero-order valence-corrected chi connectivity index (χ0v) is 10.0. The monoisotopic (exact) mass is 215 g/mol. The van der Waals surface area contributed by atoms with Crippen molar-refractivity contribution in [3.05, 3.63) is 47.8 Å². The molecule has 1 aromatic carbocycles. The number of para-hydroxylation sites is 1. The summed E-state index contributed by atoms with van der Waals surface area (Å²) in [5, 5.41) is 4.52. The number of benzene rings is 1. The second-order valence-electron chi connectivity index (χ2n) is 4.26. The van der Waals surface area contributed by atoms with Crippen molar-refractivity contribution < 1.29 is 0 Å². The van der Waals surface area contributed by atoms with Gasteiger partial charge in [-0.15, -0.1) is 0 Å². The Hall–Kier alpha value is -1.61. The van der Waals surface area contributed by atoms with Crippen LogP contribution in [0.4, 0.5) is 0 Å². The molecule has 1 aromatic heterocycles. The SMILES string of the molecule is Cc1cc(CN(C)C)n(-c2ccccc2)n1. The Kier molecular flexibility index (Phi) is 3.06. The molecular weight excluding hydrogens is 198 g/mol. The fourth-order valence-corrected chi connectivity index (χ4v) is 1.78. The van der Waals surface area contributed by atoms with Crippen molar-refractivity contribution in [2.24, 2.45) is 0 Å². The van der Waals surface area contributed by atoms with Crippen molar-refractivity contribution in [3.8, 4) is 5.69 Å². The van der Waals surface area contributed by atoms with Crippen molar-refractivity contribution in [1.82, 2.24) is 14.7 Å². The van der Waals surface area contributed by atoms with E-state index >= 15 is 0 Å². The summed E-state index contributed by atoms with van der Waals surface area (Å²) in [7, 11) is 4.13. The molecule has 0 spiro atoms. The van der Waals surface area contributed by atoms with Gasteiger partial charge >= 0.3 is 0 Å². The molecule has 2 aromatic rings. The van der Waals surface area contributed by atoms with Gasteiger partial charge < -0.3 is 4.90 Å². The van der Waals surface area contributed by atoms with Crippen LogP contribution in [0.15, 0.2) is 36.4 Å². The average molecular weight is 215 g/mol. The first-order chi connectivity index (χ1) is 7.66. The number of hydrogen-bond acceptors (Lipinski definition) is 2. The standard InChI is InChI=1S/C13H17N3/c1-11-9-13(10-15(2)3)16(14-11)12-7-5-4-6-8-12/h4-9H,10H2,1-3H3. The van der Waals surface area contributed by atoms with Crippen LogP contribution < -0.4 is 0 Å². The van der Waals surface area contributed by atoms with Crippen molar-refractivity contribution in [2.75, 3.05) is 14.1 Å². The Balaban J connectivity index is 2.40. The highest BCUT2D eigenvalue weighted by molar-refractivity contribution is 5.33. The molecule has 84 valence electrons. The molecule has 3 nitrogen and oxygen atoms in total. The van der Waals surface area contributed by atoms with Gasteiger partial charge in [0.25, 0.3) is 0 Å². The molecule has 0 aliphatic carbocycles. The number of hydrogen-bond donors (Lipinski definition) is 0. The third kappa shape index (κ3) is 2.31. The molecule has 16 heavy (non-hydrogen) atoms. The molecule has 0 N–H and O–H groups in total. The first-order valence-electron chi connectivity index (χ1n) is 5.42. The minimum Gasteiger partial charge on any atom is -0.304 e. The second kappa shape index (κ2) is 4.49. The van der Waals surface area contributed by atoms with Crippen molar-refractivity contribution in [2.45, 2.75) is 13.5 Å². The van der Waals surface area contributed by atoms with E-state index in [1.165, 1.54) is 5.69 Å². The number of aromatic nitrogens is 2. The maximum Gasteiger partial charge on any atom is 0.0649 e. The third-order valence-corrected chi connectivity index (χ3v) is 2.38. The van der Waals surface area contributed by atoms with Crippen LogP contribution in [-0.2, 0) is 6.54 Å². The van der Waals surface area contributed by atoms with Crippen LogP contribution in [0.5, 0.6) is 0 Å². The highest BCUT2D eigenvalue weighted by atomic mass is 15.3. The Morgan fingerprint density at radius 2 is 1.88 bits per heavy atom. The first-order valence-corrected chi connectivity index (χ1v) is 5.42. The molecular formula is C13H17N3. The average Bonchev–Trinajstić information content (AvgIpc) is 2.60. The van der Waals surface area contributed by atoms with E-state index in [4.69, 9.17) is 0 Å². The molecule has 0 bridgehead atoms. The largest absolute Gasteiger partial charge is 0.304 e. The van der Waals surface area contributed by atoms with E-state index < -0.39 is 0 Å². The summed E-state index contributed by atoms with van der Waals surface area (Å²) in [4.78, 5) is 2.15. The van der Waals surface area contributed by atoms with Gasteiger partial charge in [-0.1, -0.05) is 18.2 Å². The molecule has 2 rings (SSSR count). The maximum atomic E-state index is 4.52. The molecule has 0 radical (unpaired) electrons. The van der Waals surface area contributed by atoms with Gasteiger partial charge in [0.05, 0.1) is 17.1 Å². The minimum atomic E-state index is 0.899. The van der Waals surface area contributed by atoms with Crippen LogP contribution in [0.3, 0.4) is 0 Å². The molecule has 0 fully saturated rings. The molecule has 1 heterocycles. The van der Waals surface area contributed by atoms with E-state index in [-0.39, 0.29) is 0 Å². The van der Waals surface area contributed by atoms with Crippen LogP contribution in [0.2, 0.25) is 0 Å². The lowest BCUT2D eigenvalue weighted by Gasteiger charge is -2.11. The summed E-state index contributed by atoms with van der Waals surface area (Å²) in [5.41, 5.74) is 3.39. The smallest absolute Gasteiger partial charge is 0.0649 e. The van der Waals surface area contributed by atoms with E-state index in [1.54, 1.807) is 0 Å². The van der Waals surface area contributed by atoms with Crippen LogP contribution in [-0.4, -0.2) is 28.8 Å². The molecule has 0 aliphatic rings. The lowest BCUT2D eigenvalue weighted by atomic mass is 10.3. The van der Waals surface area contributed by atoms with E-state index in [0.29, 0.717) is 0 Å². The zero-order valence-electron chi connectivity index (χ0n) is 10.0. The van der Waals surface area contributed by atoms with Crippen molar-refractivity contribution in [3.63, 3.8) is 0 Å². The normalized spacial score (nSPS) is 11.0. The fourth-order valence-electron chi connectivity index (χ4n) is 1.78. The Morgan fingerprint density at radius 3 is 2.50 bits per heavy atom. The second-order valence-corrected chi connectivity index (χ2v) is 4.26. The first kappa shape index (κ1) is 10.9. The predicted octanol–water partition coefficient (Wildman–Crippen LogP) is 2.24. The Labute approximate surface area is 96.3 Å². The van der Waals surface area contributed by atoms with Crippen molar-refractivity contribution >= 4 is 0 Å². The fraction of sp³-hybridized carbons (Fsp3) is 0.308. The van der Waals surface area contributed by atoms with Gasteiger partial charge in [-0.05, 0) is 39.2 Å². The van der Waals surface area contributed by atoms with E-state index in [9.17, 15) is 0 Å². The Bertz CT molecular complexity index is 457. The molecule has 3 heteroatoms. The molecule has 0 saturated carbocycles. The molecule has 0 atom stereocenters. The highest BCUT2D eigenvalue weighted by Crippen LogP contribution is 2.13. The van der Waals surface area contributed by atoms with Crippen LogP contribution in [0, 0.1) is 6.92 Å². The van der Waals surface area contributed by atoms with Gasteiger partial charge in [-0.3, -0.25) is 0 Å². The van der Waals surface area contributed by atoms with Crippen LogP contribution in [0.25, 0.3) is 5.69 Å². The lowest BCUT2D eigenvalue weighted by molar-refractivity contribution is 0.391. The predicted molar refractivity (Wildman–Crippen MR) is 65.7 cm³/mol. The Morgan fingerprint density at radius 1 is 1.19 bits per heavy atom. The zero-order chi connectivity index (χ0) is 11.5. The maximum absolute atomic E-state index is 4.52. The summed E-state index contributed by atoms with van der Waals surface area (Å²) in [6.45, 7) is 2.92. The van der Waals surface area contributed by atoms with Crippen LogP contribution >= 0.6 is 0 Å². The summed E-state index contributed by atoms with van der Waals surface area (Å²) >= 11 is 0. The number of aryl methyl sites for hydroxylation is 1. The quantitative estimate of drug-likeness (QED) is 0.783. The number of rotatable bonds is 3. The summed E-state index contributed by atoms with van der Waals surface area (Å²) in [6.07, 6.45) is 0. The van der Waals surface area contributed by atoms with E-state index in [0.717, 1.165) is 17.9 Å². The summed E-state index contributed by atoms with van der Waals surface area (Å²) in [5.74, 6) is 0. The molecule has 0 amide bonds. The van der Waals surface area contributed by atoms with Gasteiger partial charge in [0.1, 0.15) is 0 Å². The van der Waals surface area contributed by atoms with Gasteiger partial charge in [0.15, 0.2) is 0 Å². The molecule has 0 unspecified atom stereocenters. The third-order valence-electron chi connectivity index (χ3n) is 2.38. The summed E-state index contributed by atoms with van der Waals surface area (Å²) in [6, 6.07) is 12.4. The highest BCUT2D eigenvalue weighted by Gasteiger charge is 2.07. The minimum absolute atomic E-state index is 0.899. The lowest BCUT2D eigenvalue weighted by Crippen LogP contribution is -2.14. The van der Waals surface area contributed by atoms with E-state index in [1.807, 2.05) is 29.8 Å². The molecule has 0 saturated heterocycles. The van der Waals surface area contributed by atoms with Gasteiger partial charge in [0.2, 0.25) is 0 Å². The van der Waals surface area contributed by atoms with Gasteiger partial charge in [-0.25, -0.2) is 4.68 Å². The molecule has 0 aliphatic heterocycles. The topological polar surface area (TPSA) is 21.1 Å². The van der Waals surface area contributed by atoms with E-state index in [2.05, 4.69) is 42.3 Å². The van der Waals surface area contributed by atoms with Gasteiger partial charge in [0, 0.05) is 6.54 Å². The van der Waals surface area contributed by atoms with Gasteiger partial charge in [-0.2, -0.15) is 5.10 Å². The summed E-state index contributed by atoms with van der Waals surface area (Å²) < 4.78 is 2.01. The van der Waals surface area contributed by atoms with Crippen LogP contribution in [0.1, 0.15) is 11.4 Å². The van der Waals surface area contributed by atoms with Crippen molar-refractivity contribution in [1.29, 1.82) is 0 Å². The number of nitrogens with zero attached hydrogens (tertiary/aromatic N) is 3.